The third-order valence-corrected chi connectivity index (χ3v) is 2.17. The molecule has 0 spiro atoms. The number of nitrogens with zero attached hydrogens (tertiary/aromatic N) is 1. The average Bonchev–Trinajstić information content (AvgIpc) is 2.13. The molecule has 5 heteroatoms. The Morgan fingerprint density at radius 2 is 2.00 bits per heavy atom. The molecule has 0 aliphatic carbocycles. The standard InChI is InChI=1S/C12H17NO4/c1-8-5-9(2)11(10(6-8)13(15)16)17-7-12(3,4)14/h5-6,14H,7H2,1-4H3. The smallest absolute Gasteiger partial charge is 0.311 e. The fourth-order valence-corrected chi connectivity index (χ4v) is 1.50. The summed E-state index contributed by atoms with van der Waals surface area (Å²) >= 11 is 0. The molecule has 0 aliphatic heterocycles. The number of hydrogen-bond donors (Lipinski definition) is 1. The number of nitro benzene ring substituents is 1. The molecule has 0 aromatic heterocycles. The van der Waals surface area contributed by atoms with Crippen molar-refractivity contribution in [2.45, 2.75) is 33.3 Å². The molecule has 0 atom stereocenters. The first kappa shape index (κ1) is 13.4. The van der Waals surface area contributed by atoms with Gasteiger partial charge in [0.05, 0.1) is 10.5 Å². The maximum Gasteiger partial charge on any atom is 0.311 e. The van der Waals surface area contributed by atoms with Crippen molar-refractivity contribution >= 4 is 5.69 Å². The van der Waals surface area contributed by atoms with E-state index in [4.69, 9.17) is 4.74 Å². The lowest BCUT2D eigenvalue weighted by atomic mass is 10.1. The van der Waals surface area contributed by atoms with E-state index >= 15 is 0 Å². The van der Waals surface area contributed by atoms with Crippen molar-refractivity contribution < 1.29 is 14.8 Å². The van der Waals surface area contributed by atoms with Crippen LogP contribution in [0.15, 0.2) is 12.1 Å². The number of hydrogen-bond acceptors (Lipinski definition) is 4. The molecule has 0 heterocycles. The fraction of sp³-hybridized carbons (Fsp3) is 0.500. The fourth-order valence-electron chi connectivity index (χ4n) is 1.50. The summed E-state index contributed by atoms with van der Waals surface area (Å²) in [7, 11) is 0. The molecule has 0 saturated heterocycles. The molecule has 0 radical (unpaired) electrons. The molecule has 5 nitrogen and oxygen atoms in total. The molecule has 1 aromatic rings. The summed E-state index contributed by atoms with van der Waals surface area (Å²) in [6, 6.07) is 3.28. The van der Waals surface area contributed by atoms with E-state index in [1.165, 1.54) is 6.07 Å². The van der Waals surface area contributed by atoms with Crippen LogP contribution in [0.3, 0.4) is 0 Å². The average molecular weight is 239 g/mol. The first-order chi connectivity index (χ1) is 7.70. The highest BCUT2D eigenvalue weighted by Gasteiger charge is 2.21. The zero-order valence-electron chi connectivity index (χ0n) is 10.5. The van der Waals surface area contributed by atoms with Crippen LogP contribution in [-0.2, 0) is 0 Å². The first-order valence-electron chi connectivity index (χ1n) is 5.31. The Morgan fingerprint density at radius 1 is 1.41 bits per heavy atom. The van der Waals surface area contributed by atoms with Crippen molar-refractivity contribution in [2.24, 2.45) is 0 Å². The van der Waals surface area contributed by atoms with E-state index in [1.54, 1.807) is 27.7 Å². The van der Waals surface area contributed by atoms with Gasteiger partial charge >= 0.3 is 5.69 Å². The van der Waals surface area contributed by atoms with Crippen LogP contribution in [0.5, 0.6) is 5.75 Å². The summed E-state index contributed by atoms with van der Waals surface area (Å²) in [5, 5.41) is 20.5. The minimum Gasteiger partial charge on any atom is -0.484 e. The molecule has 1 aromatic carbocycles. The molecule has 0 bridgehead atoms. The second kappa shape index (κ2) is 4.71. The van der Waals surface area contributed by atoms with Crippen molar-refractivity contribution in [3.05, 3.63) is 33.4 Å². The predicted molar refractivity (Wildman–Crippen MR) is 64.4 cm³/mol. The van der Waals surface area contributed by atoms with Gasteiger partial charge in [0.15, 0.2) is 5.75 Å². The summed E-state index contributed by atoms with van der Waals surface area (Å²) in [6.07, 6.45) is 0. The number of ether oxygens (including phenoxy) is 1. The van der Waals surface area contributed by atoms with E-state index in [0.29, 0.717) is 5.56 Å². The summed E-state index contributed by atoms with van der Waals surface area (Å²) < 4.78 is 5.36. The van der Waals surface area contributed by atoms with E-state index in [2.05, 4.69) is 0 Å². The van der Waals surface area contributed by atoms with Gasteiger partial charge in [-0.15, -0.1) is 0 Å². The van der Waals surface area contributed by atoms with E-state index in [1.807, 2.05) is 6.07 Å². The minimum atomic E-state index is -1.02. The normalized spacial score (nSPS) is 11.4. The van der Waals surface area contributed by atoms with Crippen LogP contribution in [0, 0.1) is 24.0 Å². The van der Waals surface area contributed by atoms with Crippen LogP contribution >= 0.6 is 0 Å². The van der Waals surface area contributed by atoms with Crippen LogP contribution in [0.2, 0.25) is 0 Å². The van der Waals surface area contributed by atoms with Crippen LogP contribution in [0.25, 0.3) is 0 Å². The maximum atomic E-state index is 10.9. The Hall–Kier alpha value is -1.62. The largest absolute Gasteiger partial charge is 0.484 e. The summed E-state index contributed by atoms with van der Waals surface area (Å²) in [6.45, 7) is 6.72. The van der Waals surface area contributed by atoms with Crippen molar-refractivity contribution in [3.63, 3.8) is 0 Å². The third-order valence-electron chi connectivity index (χ3n) is 2.17. The Morgan fingerprint density at radius 3 is 2.47 bits per heavy atom. The first-order valence-corrected chi connectivity index (χ1v) is 5.31. The van der Waals surface area contributed by atoms with Gasteiger partial charge in [0.25, 0.3) is 0 Å². The van der Waals surface area contributed by atoms with E-state index < -0.39 is 10.5 Å². The molecule has 0 aliphatic rings. The Balaban J connectivity index is 3.09. The zero-order chi connectivity index (χ0) is 13.2. The predicted octanol–water partition coefficient (Wildman–Crippen LogP) is 2.36. The monoisotopic (exact) mass is 239 g/mol. The number of aryl methyl sites for hydroxylation is 2. The van der Waals surface area contributed by atoms with Crippen LogP contribution < -0.4 is 4.74 Å². The second-order valence-electron chi connectivity index (χ2n) is 4.79. The lowest BCUT2D eigenvalue weighted by Crippen LogP contribution is -2.28. The summed E-state index contributed by atoms with van der Waals surface area (Å²) in [4.78, 5) is 10.4. The Labute approximate surface area is 100 Å². The molecule has 1 N–H and O–H groups in total. The van der Waals surface area contributed by atoms with Crippen LogP contribution in [0.1, 0.15) is 25.0 Å². The molecule has 94 valence electrons. The van der Waals surface area contributed by atoms with Gasteiger partial charge in [-0.3, -0.25) is 10.1 Å². The molecule has 17 heavy (non-hydrogen) atoms. The van der Waals surface area contributed by atoms with Gasteiger partial charge in [0, 0.05) is 6.07 Å². The van der Waals surface area contributed by atoms with Crippen molar-refractivity contribution in [1.29, 1.82) is 0 Å². The van der Waals surface area contributed by atoms with Gasteiger partial charge in [0.1, 0.15) is 6.61 Å². The van der Waals surface area contributed by atoms with Crippen molar-refractivity contribution in [2.75, 3.05) is 6.61 Å². The van der Waals surface area contributed by atoms with Gasteiger partial charge < -0.3 is 9.84 Å². The highest BCUT2D eigenvalue weighted by Crippen LogP contribution is 2.32. The van der Waals surface area contributed by atoms with Crippen LogP contribution in [0.4, 0.5) is 5.69 Å². The van der Waals surface area contributed by atoms with Gasteiger partial charge in [-0.05, 0) is 38.8 Å². The van der Waals surface area contributed by atoms with Gasteiger partial charge in [0.2, 0.25) is 0 Å². The molecular formula is C12H17NO4. The number of nitro groups is 1. The van der Waals surface area contributed by atoms with Gasteiger partial charge in [-0.2, -0.15) is 0 Å². The van der Waals surface area contributed by atoms with Crippen LogP contribution in [-0.4, -0.2) is 22.2 Å². The molecule has 0 amide bonds. The minimum absolute atomic E-state index is 0.0116. The lowest BCUT2D eigenvalue weighted by Gasteiger charge is -2.18. The third kappa shape index (κ3) is 3.71. The lowest BCUT2D eigenvalue weighted by molar-refractivity contribution is -0.386. The number of aliphatic hydroxyl groups is 1. The SMILES string of the molecule is Cc1cc(C)c(OCC(C)(C)O)c([N+](=O)[O-])c1. The molecule has 0 unspecified atom stereocenters. The van der Waals surface area contributed by atoms with Gasteiger partial charge in [-0.25, -0.2) is 0 Å². The molecule has 1 rings (SSSR count). The van der Waals surface area contributed by atoms with Gasteiger partial charge in [-0.1, -0.05) is 6.07 Å². The van der Waals surface area contributed by atoms with E-state index in [9.17, 15) is 15.2 Å². The van der Waals surface area contributed by atoms with Crippen molar-refractivity contribution in [1.82, 2.24) is 0 Å². The molecule has 0 fully saturated rings. The topological polar surface area (TPSA) is 72.6 Å². The molecular weight excluding hydrogens is 222 g/mol. The Kier molecular flexibility index (Phi) is 3.72. The van der Waals surface area contributed by atoms with Crippen molar-refractivity contribution in [3.8, 4) is 5.75 Å². The summed E-state index contributed by atoms with van der Waals surface area (Å²) in [5.41, 5.74) is 0.420. The summed E-state index contributed by atoms with van der Waals surface area (Å²) in [5.74, 6) is 0.225. The quantitative estimate of drug-likeness (QED) is 0.646. The maximum absolute atomic E-state index is 10.9. The second-order valence-corrected chi connectivity index (χ2v) is 4.79. The van der Waals surface area contributed by atoms with E-state index in [-0.39, 0.29) is 18.0 Å². The number of benzene rings is 1. The number of rotatable bonds is 4. The highest BCUT2D eigenvalue weighted by molar-refractivity contribution is 5.53. The zero-order valence-corrected chi connectivity index (χ0v) is 10.5. The highest BCUT2D eigenvalue weighted by atomic mass is 16.6. The molecule has 0 saturated carbocycles. The Bertz CT molecular complexity index is 435. The van der Waals surface area contributed by atoms with E-state index in [0.717, 1.165) is 5.56 Å².